The number of carbonyl (C=O) groups excluding carboxylic acids is 1. The van der Waals surface area contributed by atoms with Crippen LogP contribution in [0.2, 0.25) is 0 Å². The molecule has 18 heavy (non-hydrogen) atoms. The van der Waals surface area contributed by atoms with Crippen LogP contribution < -0.4 is 5.32 Å². The number of aromatic amines is 1. The number of nitrogens with zero attached hydrogens (tertiary/aromatic N) is 3. The first-order valence-corrected chi connectivity index (χ1v) is 5.45. The van der Waals surface area contributed by atoms with Crippen molar-refractivity contribution in [1.82, 2.24) is 15.2 Å². The van der Waals surface area contributed by atoms with Gasteiger partial charge in [-0.05, 0) is 18.2 Å². The molecule has 2 rings (SSSR count). The van der Waals surface area contributed by atoms with Gasteiger partial charge in [-0.1, -0.05) is 13.0 Å². The summed E-state index contributed by atoms with van der Waals surface area (Å²) in [5, 5.41) is 17.9. The molecule has 0 saturated carbocycles. The number of nitrogens with one attached hydrogen (secondary N) is 2. The summed E-state index contributed by atoms with van der Waals surface area (Å²) in [5.41, 5.74) is 1.03. The van der Waals surface area contributed by atoms with E-state index in [-0.39, 0.29) is 5.82 Å². The zero-order valence-corrected chi connectivity index (χ0v) is 9.77. The molecule has 0 aliphatic carbocycles. The number of H-pyrrole nitrogens is 1. The second kappa shape index (κ2) is 5.10. The highest BCUT2D eigenvalue weighted by Gasteiger charge is 2.12. The highest BCUT2D eigenvalue weighted by atomic mass is 16.2. The molecule has 0 fully saturated rings. The molecule has 0 bridgehead atoms. The Bertz CT molecular complexity index is 611. The Morgan fingerprint density at radius 3 is 3.06 bits per heavy atom. The summed E-state index contributed by atoms with van der Waals surface area (Å²) in [5.74, 6) is 0.348. The minimum atomic E-state index is -0.402. The fourth-order valence-electron chi connectivity index (χ4n) is 1.41. The van der Waals surface area contributed by atoms with E-state index in [1.165, 1.54) is 0 Å². The standard InChI is InChI=1S/C12H11N5O/c1-2-10-15-11(17-16-10)12(18)14-9-5-3-4-8(6-9)7-13/h3-6H,2H2,1H3,(H,14,18)(H,15,16,17). The molecule has 2 aromatic rings. The smallest absolute Gasteiger partial charge is 0.295 e. The van der Waals surface area contributed by atoms with Crippen LogP contribution in [0.4, 0.5) is 5.69 Å². The van der Waals surface area contributed by atoms with Gasteiger partial charge in [0.2, 0.25) is 5.82 Å². The van der Waals surface area contributed by atoms with E-state index in [0.717, 1.165) is 0 Å². The third-order valence-corrected chi connectivity index (χ3v) is 2.32. The average Bonchev–Trinajstić information content (AvgIpc) is 2.88. The van der Waals surface area contributed by atoms with Gasteiger partial charge in [-0.3, -0.25) is 9.89 Å². The predicted octanol–water partition coefficient (Wildman–Crippen LogP) is 1.49. The van der Waals surface area contributed by atoms with Crippen LogP contribution in [-0.2, 0) is 6.42 Å². The summed E-state index contributed by atoms with van der Waals surface area (Å²) in [7, 11) is 0. The average molecular weight is 241 g/mol. The molecule has 2 N–H and O–H groups in total. The first-order chi connectivity index (χ1) is 8.72. The maximum atomic E-state index is 11.8. The highest BCUT2D eigenvalue weighted by Crippen LogP contribution is 2.10. The number of aromatic nitrogens is 3. The van der Waals surface area contributed by atoms with Crippen molar-refractivity contribution in [2.45, 2.75) is 13.3 Å². The zero-order chi connectivity index (χ0) is 13.0. The van der Waals surface area contributed by atoms with Gasteiger partial charge in [0.15, 0.2) is 0 Å². The SMILES string of the molecule is CCc1nc(C(=O)Nc2cccc(C#N)c2)n[nH]1. The second-order valence-corrected chi connectivity index (χ2v) is 3.61. The lowest BCUT2D eigenvalue weighted by molar-refractivity contribution is 0.101. The molecule has 1 aromatic carbocycles. The Morgan fingerprint density at radius 2 is 2.39 bits per heavy atom. The number of aryl methyl sites for hydroxylation is 1. The minimum Gasteiger partial charge on any atom is -0.319 e. The Kier molecular flexibility index (Phi) is 3.34. The van der Waals surface area contributed by atoms with Crippen LogP contribution in [0.15, 0.2) is 24.3 Å². The van der Waals surface area contributed by atoms with Gasteiger partial charge in [0, 0.05) is 12.1 Å². The number of hydrogen-bond donors (Lipinski definition) is 2. The van der Waals surface area contributed by atoms with Gasteiger partial charge in [-0.2, -0.15) is 5.26 Å². The molecule has 90 valence electrons. The molecule has 0 spiro atoms. The molecular weight excluding hydrogens is 230 g/mol. The molecule has 1 amide bonds. The van der Waals surface area contributed by atoms with Crippen LogP contribution in [0.3, 0.4) is 0 Å². The highest BCUT2D eigenvalue weighted by molar-refractivity contribution is 6.01. The summed E-state index contributed by atoms with van der Waals surface area (Å²) < 4.78 is 0. The van der Waals surface area contributed by atoms with Crippen LogP contribution in [0, 0.1) is 11.3 Å². The van der Waals surface area contributed by atoms with E-state index >= 15 is 0 Å². The Morgan fingerprint density at radius 1 is 1.56 bits per heavy atom. The number of amides is 1. The molecule has 0 aliphatic heterocycles. The Balaban J connectivity index is 2.13. The van der Waals surface area contributed by atoms with Crippen molar-refractivity contribution in [2.75, 3.05) is 5.32 Å². The third kappa shape index (κ3) is 2.52. The summed E-state index contributed by atoms with van der Waals surface area (Å²) in [6.07, 6.45) is 0.685. The zero-order valence-electron chi connectivity index (χ0n) is 9.77. The van der Waals surface area contributed by atoms with Gasteiger partial charge >= 0.3 is 0 Å². The molecule has 1 heterocycles. The van der Waals surface area contributed by atoms with E-state index < -0.39 is 5.91 Å². The summed E-state index contributed by atoms with van der Waals surface area (Å²) in [6.45, 7) is 1.92. The lowest BCUT2D eigenvalue weighted by Crippen LogP contribution is -2.13. The summed E-state index contributed by atoms with van der Waals surface area (Å²) in [4.78, 5) is 15.8. The van der Waals surface area contributed by atoms with Crippen molar-refractivity contribution >= 4 is 11.6 Å². The van der Waals surface area contributed by atoms with E-state index in [2.05, 4.69) is 20.5 Å². The van der Waals surface area contributed by atoms with Gasteiger partial charge in [0.1, 0.15) is 5.82 Å². The van der Waals surface area contributed by atoms with Gasteiger partial charge in [0.25, 0.3) is 5.91 Å². The van der Waals surface area contributed by atoms with Crippen molar-refractivity contribution in [1.29, 1.82) is 5.26 Å². The fourth-order valence-corrected chi connectivity index (χ4v) is 1.41. The predicted molar refractivity (Wildman–Crippen MR) is 64.9 cm³/mol. The maximum absolute atomic E-state index is 11.8. The van der Waals surface area contributed by atoms with Crippen LogP contribution in [-0.4, -0.2) is 21.1 Å². The number of anilines is 1. The molecule has 6 nitrogen and oxygen atoms in total. The first kappa shape index (κ1) is 11.8. The molecule has 0 radical (unpaired) electrons. The molecule has 0 aliphatic rings. The van der Waals surface area contributed by atoms with E-state index in [4.69, 9.17) is 5.26 Å². The third-order valence-electron chi connectivity index (χ3n) is 2.32. The molecular formula is C12H11N5O. The Labute approximate surface area is 104 Å². The fraction of sp³-hybridized carbons (Fsp3) is 0.167. The van der Waals surface area contributed by atoms with Crippen molar-refractivity contribution in [3.8, 4) is 6.07 Å². The van der Waals surface area contributed by atoms with Crippen LogP contribution in [0.25, 0.3) is 0 Å². The topological polar surface area (TPSA) is 94.5 Å². The number of benzene rings is 1. The van der Waals surface area contributed by atoms with Crippen molar-refractivity contribution in [3.05, 3.63) is 41.5 Å². The monoisotopic (exact) mass is 241 g/mol. The van der Waals surface area contributed by atoms with Crippen LogP contribution >= 0.6 is 0 Å². The van der Waals surface area contributed by atoms with E-state index in [9.17, 15) is 4.79 Å². The van der Waals surface area contributed by atoms with Crippen molar-refractivity contribution in [2.24, 2.45) is 0 Å². The number of rotatable bonds is 3. The summed E-state index contributed by atoms with van der Waals surface area (Å²) >= 11 is 0. The maximum Gasteiger partial charge on any atom is 0.295 e. The first-order valence-electron chi connectivity index (χ1n) is 5.45. The molecule has 6 heteroatoms. The van der Waals surface area contributed by atoms with Crippen LogP contribution in [0.5, 0.6) is 0 Å². The second-order valence-electron chi connectivity index (χ2n) is 3.61. The Hall–Kier alpha value is -2.68. The number of nitriles is 1. The number of carbonyl (C=O) groups is 1. The minimum absolute atomic E-state index is 0.0919. The van der Waals surface area contributed by atoms with E-state index in [0.29, 0.717) is 23.5 Å². The van der Waals surface area contributed by atoms with Gasteiger partial charge in [-0.25, -0.2) is 4.98 Å². The van der Waals surface area contributed by atoms with Gasteiger partial charge < -0.3 is 5.32 Å². The van der Waals surface area contributed by atoms with Crippen molar-refractivity contribution in [3.63, 3.8) is 0 Å². The quantitative estimate of drug-likeness (QED) is 0.851. The van der Waals surface area contributed by atoms with Gasteiger partial charge in [0.05, 0.1) is 11.6 Å². The van der Waals surface area contributed by atoms with Crippen LogP contribution in [0.1, 0.15) is 28.9 Å². The largest absolute Gasteiger partial charge is 0.319 e. The lowest BCUT2D eigenvalue weighted by Gasteiger charge is -2.01. The lowest BCUT2D eigenvalue weighted by atomic mass is 10.2. The number of hydrogen-bond acceptors (Lipinski definition) is 4. The van der Waals surface area contributed by atoms with Gasteiger partial charge in [-0.15, -0.1) is 5.10 Å². The molecule has 0 saturated heterocycles. The van der Waals surface area contributed by atoms with Crippen molar-refractivity contribution < 1.29 is 4.79 Å². The molecule has 1 aromatic heterocycles. The van der Waals surface area contributed by atoms with E-state index in [1.807, 2.05) is 13.0 Å². The normalized spacial score (nSPS) is 9.78. The molecule has 0 atom stereocenters. The summed E-state index contributed by atoms with van der Waals surface area (Å²) in [6, 6.07) is 8.66. The van der Waals surface area contributed by atoms with E-state index in [1.54, 1.807) is 24.3 Å². The molecule has 0 unspecified atom stereocenters.